The van der Waals surface area contributed by atoms with Crippen LogP contribution in [0.5, 0.6) is 0 Å². The Balaban J connectivity index is 0.000000861. The summed E-state index contributed by atoms with van der Waals surface area (Å²) < 4.78 is 5.65. The molecule has 4 N–H and O–H groups in total. The standard InChI is InChI=1S/C20H23ClN2O3.C3H8O2/c1-2-26-16(12-13-22-19(24)15-8-4-3-5-9-15)14-23-20(25)17-10-6-7-11-18(17)21;1-3(2,4)5/h3-11,16H,2,12-14H2,1H3,(H,22,24)(H,23,25);4-5H,1-2H3. The second kappa shape index (κ2) is 13.8. The minimum atomic E-state index is -1.50. The summed E-state index contributed by atoms with van der Waals surface area (Å²) in [5, 5.41) is 22.3. The Morgan fingerprint density at radius 3 is 2.16 bits per heavy atom. The van der Waals surface area contributed by atoms with Crippen molar-refractivity contribution in [3.05, 3.63) is 70.7 Å². The first kappa shape index (κ1) is 26.6. The molecule has 8 heteroatoms. The van der Waals surface area contributed by atoms with Crippen molar-refractivity contribution in [2.45, 2.75) is 39.1 Å². The van der Waals surface area contributed by atoms with E-state index in [0.29, 0.717) is 42.3 Å². The summed E-state index contributed by atoms with van der Waals surface area (Å²) in [6, 6.07) is 15.9. The van der Waals surface area contributed by atoms with E-state index in [-0.39, 0.29) is 17.9 Å². The van der Waals surface area contributed by atoms with Crippen LogP contribution in [0.15, 0.2) is 54.6 Å². The van der Waals surface area contributed by atoms with Gasteiger partial charge in [-0.3, -0.25) is 9.59 Å². The van der Waals surface area contributed by atoms with Crippen LogP contribution in [0.4, 0.5) is 0 Å². The van der Waals surface area contributed by atoms with Crippen LogP contribution in [0, 0.1) is 0 Å². The second-order valence-electron chi connectivity index (χ2n) is 7.17. The van der Waals surface area contributed by atoms with Gasteiger partial charge in [0.1, 0.15) is 0 Å². The molecule has 0 aliphatic carbocycles. The average Bonchev–Trinajstić information content (AvgIpc) is 2.71. The van der Waals surface area contributed by atoms with Gasteiger partial charge in [-0.2, -0.15) is 0 Å². The number of nitrogens with one attached hydrogen (secondary N) is 2. The number of benzene rings is 2. The monoisotopic (exact) mass is 450 g/mol. The van der Waals surface area contributed by atoms with Gasteiger partial charge in [-0.25, -0.2) is 0 Å². The molecule has 170 valence electrons. The molecule has 0 aliphatic rings. The van der Waals surface area contributed by atoms with Crippen LogP contribution in [0.25, 0.3) is 0 Å². The van der Waals surface area contributed by atoms with E-state index < -0.39 is 5.79 Å². The lowest BCUT2D eigenvalue weighted by molar-refractivity contribution is -0.127. The third kappa shape index (κ3) is 12.1. The topological polar surface area (TPSA) is 108 Å². The molecule has 2 aromatic rings. The van der Waals surface area contributed by atoms with E-state index in [1.807, 2.05) is 25.1 Å². The molecule has 7 nitrogen and oxygen atoms in total. The number of amides is 2. The van der Waals surface area contributed by atoms with E-state index in [1.165, 1.54) is 13.8 Å². The number of hydrogen-bond donors (Lipinski definition) is 4. The average molecular weight is 451 g/mol. The van der Waals surface area contributed by atoms with Crippen LogP contribution in [-0.2, 0) is 4.74 Å². The summed E-state index contributed by atoms with van der Waals surface area (Å²) in [7, 11) is 0. The normalized spacial score (nSPS) is 11.7. The third-order valence-electron chi connectivity index (χ3n) is 3.80. The number of carbonyl (C=O) groups excluding carboxylic acids is 2. The van der Waals surface area contributed by atoms with Crippen molar-refractivity contribution >= 4 is 23.4 Å². The van der Waals surface area contributed by atoms with E-state index in [0.717, 1.165) is 0 Å². The van der Waals surface area contributed by atoms with E-state index in [9.17, 15) is 9.59 Å². The van der Waals surface area contributed by atoms with Crippen molar-refractivity contribution in [2.75, 3.05) is 19.7 Å². The lowest BCUT2D eigenvalue weighted by Crippen LogP contribution is -2.36. The Morgan fingerprint density at radius 2 is 1.58 bits per heavy atom. The van der Waals surface area contributed by atoms with Gasteiger partial charge in [-0.15, -0.1) is 0 Å². The Morgan fingerprint density at radius 1 is 1.00 bits per heavy atom. The summed E-state index contributed by atoms with van der Waals surface area (Å²) in [5.74, 6) is -1.87. The molecule has 0 saturated carbocycles. The van der Waals surface area contributed by atoms with Gasteiger partial charge in [0.2, 0.25) is 0 Å². The van der Waals surface area contributed by atoms with E-state index in [2.05, 4.69) is 10.6 Å². The molecule has 0 bridgehead atoms. The van der Waals surface area contributed by atoms with Crippen molar-refractivity contribution < 1.29 is 24.5 Å². The molecular weight excluding hydrogens is 420 g/mol. The van der Waals surface area contributed by atoms with Crippen LogP contribution in [0.1, 0.15) is 47.9 Å². The zero-order valence-corrected chi connectivity index (χ0v) is 18.9. The van der Waals surface area contributed by atoms with Crippen molar-refractivity contribution in [3.8, 4) is 0 Å². The predicted octanol–water partition coefficient (Wildman–Crippen LogP) is 3.00. The van der Waals surface area contributed by atoms with E-state index in [1.54, 1.807) is 36.4 Å². The molecule has 2 amide bonds. The number of carbonyl (C=O) groups is 2. The van der Waals surface area contributed by atoms with Crippen molar-refractivity contribution in [3.63, 3.8) is 0 Å². The van der Waals surface area contributed by atoms with E-state index >= 15 is 0 Å². The lowest BCUT2D eigenvalue weighted by atomic mass is 10.2. The first-order valence-corrected chi connectivity index (χ1v) is 10.4. The molecule has 2 aromatic carbocycles. The molecule has 0 spiro atoms. The summed E-state index contributed by atoms with van der Waals surface area (Å²) in [4.78, 5) is 24.3. The fraction of sp³-hybridized carbons (Fsp3) is 0.391. The fourth-order valence-corrected chi connectivity index (χ4v) is 2.69. The van der Waals surface area contributed by atoms with Crippen molar-refractivity contribution in [2.24, 2.45) is 0 Å². The highest BCUT2D eigenvalue weighted by molar-refractivity contribution is 6.33. The van der Waals surface area contributed by atoms with E-state index in [4.69, 9.17) is 26.6 Å². The van der Waals surface area contributed by atoms with Gasteiger partial charge in [0.15, 0.2) is 5.79 Å². The Bertz CT molecular complexity index is 803. The Labute approximate surface area is 188 Å². The summed E-state index contributed by atoms with van der Waals surface area (Å²) in [6.45, 7) is 5.82. The maximum absolute atomic E-state index is 12.2. The maximum atomic E-state index is 12.2. The molecule has 0 aromatic heterocycles. The smallest absolute Gasteiger partial charge is 0.252 e. The highest BCUT2D eigenvalue weighted by atomic mass is 35.5. The summed E-state index contributed by atoms with van der Waals surface area (Å²) in [6.07, 6.45) is 0.400. The molecule has 0 heterocycles. The van der Waals surface area contributed by atoms with Gasteiger partial charge in [0.05, 0.1) is 16.7 Å². The number of aliphatic hydroxyl groups is 2. The molecule has 0 aliphatic heterocycles. The maximum Gasteiger partial charge on any atom is 0.252 e. The highest BCUT2D eigenvalue weighted by Gasteiger charge is 2.14. The second-order valence-corrected chi connectivity index (χ2v) is 7.58. The number of ether oxygens (including phenoxy) is 1. The molecule has 0 radical (unpaired) electrons. The Hall–Kier alpha value is -2.45. The summed E-state index contributed by atoms with van der Waals surface area (Å²) in [5.41, 5.74) is 1.05. The van der Waals surface area contributed by atoms with Crippen LogP contribution in [0.3, 0.4) is 0 Å². The van der Waals surface area contributed by atoms with Gasteiger partial charge < -0.3 is 25.6 Å². The minimum Gasteiger partial charge on any atom is -0.377 e. The highest BCUT2D eigenvalue weighted by Crippen LogP contribution is 2.14. The zero-order valence-electron chi connectivity index (χ0n) is 18.1. The van der Waals surface area contributed by atoms with Crippen molar-refractivity contribution in [1.82, 2.24) is 10.6 Å². The van der Waals surface area contributed by atoms with Crippen LogP contribution in [-0.4, -0.2) is 53.6 Å². The Kier molecular flexibility index (Phi) is 11.8. The van der Waals surface area contributed by atoms with Crippen LogP contribution >= 0.6 is 11.6 Å². The molecule has 1 atom stereocenters. The molecule has 1 unspecified atom stereocenters. The van der Waals surface area contributed by atoms with Crippen molar-refractivity contribution in [1.29, 1.82) is 0 Å². The quantitative estimate of drug-likeness (QED) is 0.439. The fourth-order valence-electron chi connectivity index (χ4n) is 2.47. The first-order chi connectivity index (χ1) is 14.6. The largest absolute Gasteiger partial charge is 0.377 e. The van der Waals surface area contributed by atoms with Gasteiger partial charge >= 0.3 is 0 Å². The van der Waals surface area contributed by atoms with Gasteiger partial charge in [0, 0.05) is 25.3 Å². The molecule has 31 heavy (non-hydrogen) atoms. The number of rotatable bonds is 9. The molecule has 0 fully saturated rings. The molecule has 0 saturated heterocycles. The number of hydrogen-bond acceptors (Lipinski definition) is 5. The SMILES string of the molecule is CC(C)(O)O.CCOC(CCNC(=O)c1ccccc1)CNC(=O)c1ccccc1Cl. The van der Waals surface area contributed by atoms with Gasteiger partial charge in [-0.05, 0) is 51.5 Å². The number of halogens is 1. The van der Waals surface area contributed by atoms with Crippen LogP contribution < -0.4 is 10.6 Å². The summed E-state index contributed by atoms with van der Waals surface area (Å²) >= 11 is 6.03. The minimum absolute atomic E-state index is 0.124. The molecule has 2 rings (SSSR count). The first-order valence-electron chi connectivity index (χ1n) is 10.0. The third-order valence-corrected chi connectivity index (χ3v) is 4.13. The van der Waals surface area contributed by atoms with Gasteiger partial charge in [-0.1, -0.05) is 41.9 Å². The predicted molar refractivity (Wildman–Crippen MR) is 121 cm³/mol. The lowest BCUT2D eigenvalue weighted by Gasteiger charge is -2.18. The zero-order chi connectivity index (χ0) is 23.3. The molecular formula is C23H31ClN2O5. The van der Waals surface area contributed by atoms with Crippen LogP contribution in [0.2, 0.25) is 5.02 Å². The van der Waals surface area contributed by atoms with Gasteiger partial charge in [0.25, 0.3) is 11.8 Å².